The molecular formula is C25H29N4PS. The lowest BCUT2D eigenvalue weighted by molar-refractivity contribution is 0.316. The molecule has 0 unspecified atom stereocenters. The minimum absolute atomic E-state index is 0.328. The average molecular weight is 449 g/mol. The summed E-state index contributed by atoms with van der Waals surface area (Å²) in [6.07, 6.45) is 1.03. The second-order valence-electron chi connectivity index (χ2n) is 7.70. The molecule has 1 saturated heterocycles. The zero-order valence-corrected chi connectivity index (χ0v) is 19.7. The lowest BCUT2D eigenvalue weighted by atomic mass is 9.93. The first-order chi connectivity index (χ1) is 15.1. The van der Waals surface area contributed by atoms with Crippen molar-refractivity contribution in [3.8, 4) is 0 Å². The lowest BCUT2D eigenvalue weighted by Gasteiger charge is -2.27. The normalized spacial score (nSPS) is 19.9. The van der Waals surface area contributed by atoms with Crippen LogP contribution in [-0.2, 0) is 0 Å². The molecule has 0 spiro atoms. The van der Waals surface area contributed by atoms with Crippen molar-refractivity contribution in [1.29, 1.82) is 0 Å². The van der Waals surface area contributed by atoms with Gasteiger partial charge in [0.2, 0.25) is 0 Å². The lowest BCUT2D eigenvalue weighted by Crippen LogP contribution is -2.31. The monoisotopic (exact) mass is 448 g/mol. The van der Waals surface area contributed by atoms with Gasteiger partial charge in [0.15, 0.2) is 5.11 Å². The van der Waals surface area contributed by atoms with E-state index >= 15 is 0 Å². The predicted octanol–water partition coefficient (Wildman–Crippen LogP) is 5.64. The topological polar surface area (TPSA) is 30.5 Å². The average Bonchev–Trinajstić information content (AvgIpc) is 3.05. The van der Waals surface area contributed by atoms with Crippen molar-refractivity contribution in [1.82, 2.24) is 14.7 Å². The minimum Gasteiger partial charge on any atom is -0.362 e. The highest BCUT2D eigenvalue weighted by Gasteiger charge is 2.44. The number of nitrogens with one attached hydrogen (secondary N) is 2. The van der Waals surface area contributed by atoms with E-state index in [1.54, 1.807) is 0 Å². The van der Waals surface area contributed by atoms with E-state index in [-0.39, 0.29) is 0 Å². The van der Waals surface area contributed by atoms with Gasteiger partial charge in [-0.25, -0.2) is 0 Å². The van der Waals surface area contributed by atoms with Crippen LogP contribution in [0.5, 0.6) is 0 Å². The SMILES string of the molecule is CN1[C@H](c2ccccc2)[C@@H](c2ccccc2)N(C)P1CCNC(=S)Nc1ccccc1. The second-order valence-corrected chi connectivity index (χ2v) is 10.6. The number of likely N-dealkylation sites (N-methyl/N-ethyl adjacent to an activating group) is 2. The van der Waals surface area contributed by atoms with E-state index in [9.17, 15) is 0 Å². The first kappa shape index (κ1) is 21.9. The van der Waals surface area contributed by atoms with Gasteiger partial charge in [0.1, 0.15) is 0 Å². The smallest absolute Gasteiger partial charge is 0.170 e. The molecule has 1 fully saturated rings. The molecule has 31 heavy (non-hydrogen) atoms. The van der Waals surface area contributed by atoms with E-state index in [2.05, 4.69) is 94.7 Å². The van der Waals surface area contributed by atoms with Crippen molar-refractivity contribution in [2.24, 2.45) is 0 Å². The van der Waals surface area contributed by atoms with Crippen molar-refractivity contribution < 1.29 is 0 Å². The fourth-order valence-corrected chi connectivity index (χ4v) is 7.00. The van der Waals surface area contributed by atoms with Crippen LogP contribution in [0.4, 0.5) is 5.69 Å². The third-order valence-corrected chi connectivity index (χ3v) is 8.57. The van der Waals surface area contributed by atoms with E-state index in [1.165, 1.54) is 11.1 Å². The van der Waals surface area contributed by atoms with Gasteiger partial charge in [-0.1, -0.05) is 78.9 Å². The number of benzene rings is 3. The van der Waals surface area contributed by atoms with Gasteiger partial charge in [0.05, 0.1) is 12.1 Å². The third kappa shape index (κ3) is 5.13. The van der Waals surface area contributed by atoms with Gasteiger partial charge in [-0.2, -0.15) is 0 Å². The Balaban J connectivity index is 1.46. The van der Waals surface area contributed by atoms with E-state index < -0.39 is 8.22 Å². The molecule has 1 heterocycles. The Morgan fingerprint density at radius 2 is 1.23 bits per heavy atom. The summed E-state index contributed by atoms with van der Waals surface area (Å²) in [4.78, 5) is 0. The molecule has 6 heteroatoms. The molecule has 0 amide bonds. The van der Waals surface area contributed by atoms with E-state index in [0.717, 1.165) is 18.4 Å². The Morgan fingerprint density at radius 1 is 0.774 bits per heavy atom. The Hall–Kier alpha value is -2.30. The van der Waals surface area contributed by atoms with Gasteiger partial charge in [-0.3, -0.25) is 9.34 Å². The van der Waals surface area contributed by atoms with Crippen molar-refractivity contribution in [3.63, 3.8) is 0 Å². The summed E-state index contributed by atoms with van der Waals surface area (Å²) < 4.78 is 5.13. The number of hydrogen-bond donors (Lipinski definition) is 2. The predicted molar refractivity (Wildman–Crippen MR) is 136 cm³/mol. The second kappa shape index (κ2) is 10.3. The quantitative estimate of drug-likeness (QED) is 0.376. The Labute approximate surface area is 192 Å². The molecular weight excluding hydrogens is 419 g/mol. The van der Waals surface area contributed by atoms with Crippen LogP contribution >= 0.6 is 20.4 Å². The number of thiocarbonyl (C=S) groups is 1. The summed E-state index contributed by atoms with van der Waals surface area (Å²) in [6.45, 7) is 0.835. The third-order valence-electron chi connectivity index (χ3n) is 5.74. The first-order valence-electron chi connectivity index (χ1n) is 10.6. The minimum atomic E-state index is -0.467. The van der Waals surface area contributed by atoms with E-state index in [4.69, 9.17) is 12.2 Å². The molecule has 0 radical (unpaired) electrons. The molecule has 0 aromatic heterocycles. The maximum atomic E-state index is 5.49. The van der Waals surface area contributed by atoms with Crippen LogP contribution in [0.2, 0.25) is 0 Å². The molecule has 3 aromatic rings. The highest BCUT2D eigenvalue weighted by atomic mass is 32.1. The van der Waals surface area contributed by atoms with E-state index in [1.807, 2.05) is 30.3 Å². The summed E-state index contributed by atoms with van der Waals surface area (Å²) in [5, 5.41) is 7.32. The van der Waals surface area contributed by atoms with Crippen LogP contribution in [0, 0.1) is 0 Å². The fourth-order valence-electron chi connectivity index (χ4n) is 4.30. The maximum absolute atomic E-state index is 5.49. The molecule has 4 rings (SSSR count). The van der Waals surface area contributed by atoms with Crippen molar-refractivity contribution in [2.45, 2.75) is 12.1 Å². The van der Waals surface area contributed by atoms with Crippen LogP contribution in [-0.4, -0.2) is 41.3 Å². The summed E-state index contributed by atoms with van der Waals surface area (Å²) in [5.74, 6) is 0. The van der Waals surface area contributed by atoms with Gasteiger partial charge in [0.25, 0.3) is 0 Å². The molecule has 2 N–H and O–H groups in total. The maximum Gasteiger partial charge on any atom is 0.170 e. The molecule has 0 bridgehead atoms. The molecule has 0 aliphatic carbocycles. The van der Waals surface area contributed by atoms with Crippen molar-refractivity contribution >= 4 is 31.2 Å². The Bertz CT molecular complexity index is 919. The molecule has 160 valence electrons. The first-order valence-corrected chi connectivity index (χ1v) is 12.4. The van der Waals surface area contributed by atoms with E-state index in [0.29, 0.717) is 17.2 Å². The number of nitrogens with zero attached hydrogens (tertiary/aromatic N) is 2. The van der Waals surface area contributed by atoms with Gasteiger partial charge < -0.3 is 10.6 Å². The fraction of sp³-hybridized carbons (Fsp3) is 0.240. The summed E-state index contributed by atoms with van der Waals surface area (Å²) in [7, 11) is 4.07. The standard InChI is InChI=1S/C25H29N4PS/c1-28-23(20-12-6-3-7-13-20)24(21-14-8-4-9-15-21)29(2)30(28)19-18-26-25(31)27-22-16-10-5-11-17-22/h3-17,23-24H,18-19H2,1-2H3,(H2,26,27,31)/t23-,24-/m1/s1. The molecule has 1 aliphatic heterocycles. The van der Waals surface area contributed by atoms with Crippen LogP contribution in [0.25, 0.3) is 0 Å². The zero-order chi connectivity index (χ0) is 21.6. The van der Waals surface area contributed by atoms with Crippen LogP contribution in [0.1, 0.15) is 23.2 Å². The van der Waals surface area contributed by atoms with Crippen LogP contribution in [0.15, 0.2) is 91.0 Å². The number of rotatable bonds is 6. The van der Waals surface area contributed by atoms with Crippen molar-refractivity contribution in [2.75, 3.05) is 32.1 Å². The van der Waals surface area contributed by atoms with Gasteiger partial charge in [-0.05, 0) is 49.6 Å². The van der Waals surface area contributed by atoms with Gasteiger partial charge in [-0.15, -0.1) is 0 Å². The summed E-state index contributed by atoms with van der Waals surface area (Å²) in [6, 6.07) is 32.4. The number of para-hydroxylation sites is 1. The van der Waals surface area contributed by atoms with Gasteiger partial charge in [0, 0.05) is 26.6 Å². The molecule has 4 nitrogen and oxygen atoms in total. The Kier molecular flexibility index (Phi) is 7.31. The summed E-state index contributed by atoms with van der Waals surface area (Å²) >= 11 is 5.49. The van der Waals surface area contributed by atoms with Crippen molar-refractivity contribution in [3.05, 3.63) is 102 Å². The highest BCUT2D eigenvalue weighted by Crippen LogP contribution is 2.61. The molecule has 3 aromatic carbocycles. The zero-order valence-electron chi connectivity index (χ0n) is 18.0. The van der Waals surface area contributed by atoms with Crippen LogP contribution < -0.4 is 10.6 Å². The van der Waals surface area contributed by atoms with Gasteiger partial charge >= 0.3 is 0 Å². The number of anilines is 1. The molecule has 0 saturated carbocycles. The Morgan fingerprint density at radius 3 is 1.71 bits per heavy atom. The van der Waals surface area contributed by atoms with Crippen LogP contribution in [0.3, 0.4) is 0 Å². The number of hydrogen-bond acceptors (Lipinski definition) is 3. The molecule has 1 aliphatic rings. The highest BCUT2D eigenvalue weighted by molar-refractivity contribution is 7.80. The summed E-state index contributed by atoms with van der Waals surface area (Å²) in [5.41, 5.74) is 3.74. The molecule has 2 atom stereocenters. The largest absolute Gasteiger partial charge is 0.362 e.